The standard InChI is InChI=1S/C21H23N3O3S/c1-23-14-28(27)19-13-15(7-8-18(19)23)9-11-22-10-4-12-24-20(25)16-5-2-3-6-17(16)21(24)26/h2-3,5-8,13,22H,4,9-12,14H2,1H3. The van der Waals surface area contributed by atoms with E-state index in [2.05, 4.69) is 11.4 Å². The van der Waals surface area contributed by atoms with Crippen molar-refractivity contribution in [1.29, 1.82) is 0 Å². The molecule has 0 bridgehead atoms. The zero-order valence-electron chi connectivity index (χ0n) is 15.8. The minimum absolute atomic E-state index is 0.197. The van der Waals surface area contributed by atoms with Crippen molar-refractivity contribution >= 4 is 28.3 Å². The summed E-state index contributed by atoms with van der Waals surface area (Å²) >= 11 is 0. The SMILES string of the molecule is CN1CS(=O)c2cc(CCNCCCN3C(=O)c4ccccc4C3=O)ccc21. The highest BCUT2D eigenvalue weighted by Gasteiger charge is 2.34. The summed E-state index contributed by atoms with van der Waals surface area (Å²) in [6.07, 6.45) is 1.56. The lowest BCUT2D eigenvalue weighted by Gasteiger charge is -2.14. The normalized spacial score (nSPS) is 18.0. The number of anilines is 1. The molecule has 2 aromatic carbocycles. The second kappa shape index (κ2) is 7.85. The van der Waals surface area contributed by atoms with Crippen LogP contribution in [0, 0.1) is 0 Å². The van der Waals surface area contributed by atoms with Crippen LogP contribution in [-0.2, 0) is 17.2 Å². The van der Waals surface area contributed by atoms with Gasteiger partial charge in [-0.3, -0.25) is 18.7 Å². The second-order valence-corrected chi connectivity index (χ2v) is 8.52. The van der Waals surface area contributed by atoms with Gasteiger partial charge in [-0.1, -0.05) is 18.2 Å². The molecule has 0 saturated heterocycles. The van der Waals surface area contributed by atoms with Crippen LogP contribution in [0.25, 0.3) is 0 Å². The quantitative estimate of drug-likeness (QED) is 0.572. The van der Waals surface area contributed by atoms with E-state index in [1.54, 1.807) is 24.3 Å². The molecule has 2 aromatic rings. The Kier molecular flexibility index (Phi) is 5.28. The molecule has 0 radical (unpaired) electrons. The predicted molar refractivity (Wildman–Crippen MR) is 109 cm³/mol. The maximum Gasteiger partial charge on any atom is 0.261 e. The largest absolute Gasteiger partial charge is 0.361 e. The van der Waals surface area contributed by atoms with Crippen LogP contribution in [0.1, 0.15) is 32.7 Å². The first kappa shape index (κ1) is 18.8. The molecular weight excluding hydrogens is 374 g/mol. The summed E-state index contributed by atoms with van der Waals surface area (Å²) < 4.78 is 12.1. The van der Waals surface area contributed by atoms with Crippen molar-refractivity contribution < 1.29 is 13.8 Å². The number of benzene rings is 2. The van der Waals surface area contributed by atoms with E-state index < -0.39 is 10.8 Å². The number of hydrogen-bond donors (Lipinski definition) is 1. The maximum absolute atomic E-state index is 12.3. The van der Waals surface area contributed by atoms with Crippen molar-refractivity contribution in [2.24, 2.45) is 0 Å². The summed E-state index contributed by atoms with van der Waals surface area (Å²) in [4.78, 5) is 28.9. The molecular formula is C21H23N3O3S. The molecule has 1 N–H and O–H groups in total. The van der Waals surface area contributed by atoms with Gasteiger partial charge in [-0.2, -0.15) is 0 Å². The van der Waals surface area contributed by atoms with E-state index in [9.17, 15) is 13.8 Å². The predicted octanol–water partition coefficient (Wildman–Crippen LogP) is 2.02. The highest BCUT2D eigenvalue weighted by atomic mass is 32.2. The molecule has 2 heterocycles. The number of nitrogens with one attached hydrogen (secondary N) is 1. The Labute approximate surface area is 167 Å². The van der Waals surface area contributed by atoms with E-state index in [4.69, 9.17) is 0 Å². The van der Waals surface area contributed by atoms with E-state index in [0.29, 0.717) is 30.0 Å². The Balaban J connectivity index is 1.21. The van der Waals surface area contributed by atoms with Crippen LogP contribution in [0.15, 0.2) is 47.4 Å². The average molecular weight is 398 g/mol. The second-order valence-electron chi connectivity index (χ2n) is 7.14. The molecule has 1 atom stereocenters. The van der Waals surface area contributed by atoms with Gasteiger partial charge in [0.1, 0.15) is 0 Å². The molecule has 0 aliphatic carbocycles. The van der Waals surface area contributed by atoms with Crippen LogP contribution in [0.2, 0.25) is 0 Å². The molecule has 4 rings (SSSR count). The maximum atomic E-state index is 12.3. The third-order valence-corrected chi connectivity index (χ3v) is 6.63. The van der Waals surface area contributed by atoms with Crippen molar-refractivity contribution in [2.45, 2.75) is 17.7 Å². The molecule has 6 nitrogen and oxygen atoms in total. The summed E-state index contributed by atoms with van der Waals surface area (Å²) in [5.41, 5.74) is 3.21. The summed E-state index contributed by atoms with van der Waals surface area (Å²) in [6.45, 7) is 1.94. The van der Waals surface area contributed by atoms with Gasteiger partial charge < -0.3 is 10.2 Å². The van der Waals surface area contributed by atoms with Crippen molar-refractivity contribution in [1.82, 2.24) is 10.2 Å². The molecule has 146 valence electrons. The van der Waals surface area contributed by atoms with E-state index in [-0.39, 0.29) is 11.8 Å². The molecule has 0 aromatic heterocycles. The lowest BCUT2D eigenvalue weighted by Crippen LogP contribution is -2.32. The van der Waals surface area contributed by atoms with Crippen molar-refractivity contribution in [3.05, 3.63) is 59.2 Å². The number of nitrogens with zero attached hydrogens (tertiary/aromatic N) is 2. The van der Waals surface area contributed by atoms with E-state index in [0.717, 1.165) is 35.7 Å². The number of fused-ring (bicyclic) bond motifs is 2. The summed E-state index contributed by atoms with van der Waals surface area (Å²) in [5.74, 6) is 0.169. The van der Waals surface area contributed by atoms with Crippen LogP contribution in [0.4, 0.5) is 5.69 Å². The minimum atomic E-state index is -0.938. The zero-order valence-corrected chi connectivity index (χ0v) is 16.6. The Morgan fingerprint density at radius 3 is 2.46 bits per heavy atom. The van der Waals surface area contributed by atoms with E-state index >= 15 is 0 Å². The third kappa shape index (κ3) is 3.47. The van der Waals surface area contributed by atoms with E-state index in [1.165, 1.54) is 4.90 Å². The molecule has 7 heteroatoms. The fraction of sp³-hybridized carbons (Fsp3) is 0.333. The average Bonchev–Trinajstić information content (AvgIpc) is 3.12. The van der Waals surface area contributed by atoms with Gasteiger partial charge in [0.2, 0.25) is 0 Å². The van der Waals surface area contributed by atoms with Gasteiger partial charge in [0.25, 0.3) is 11.8 Å². The molecule has 0 spiro atoms. The highest BCUT2D eigenvalue weighted by molar-refractivity contribution is 7.85. The number of carbonyl (C=O) groups excluding carboxylic acids is 2. The van der Waals surface area contributed by atoms with E-state index in [1.807, 2.05) is 24.1 Å². The first-order valence-electron chi connectivity index (χ1n) is 9.44. The molecule has 0 saturated carbocycles. The molecule has 0 fully saturated rings. The Morgan fingerprint density at radius 2 is 1.75 bits per heavy atom. The lowest BCUT2D eigenvalue weighted by molar-refractivity contribution is 0.0652. The molecule has 2 aliphatic heterocycles. The van der Waals surface area contributed by atoms with Crippen molar-refractivity contribution in [2.75, 3.05) is 37.5 Å². The van der Waals surface area contributed by atoms with Crippen LogP contribution in [-0.4, -0.2) is 53.5 Å². The Morgan fingerprint density at radius 1 is 1.04 bits per heavy atom. The minimum Gasteiger partial charge on any atom is -0.361 e. The number of imide groups is 1. The highest BCUT2D eigenvalue weighted by Crippen LogP contribution is 2.30. The van der Waals surface area contributed by atoms with Crippen molar-refractivity contribution in [3.8, 4) is 0 Å². The number of amides is 2. The molecule has 1 unspecified atom stereocenters. The summed E-state index contributed by atoms with van der Waals surface area (Å²) in [7, 11) is 1.02. The number of hydrogen-bond acceptors (Lipinski definition) is 5. The first-order valence-corrected chi connectivity index (χ1v) is 10.8. The topological polar surface area (TPSA) is 69.7 Å². The van der Waals surface area contributed by atoms with Gasteiger partial charge in [-0.15, -0.1) is 0 Å². The van der Waals surface area contributed by atoms with Crippen LogP contribution in [0.3, 0.4) is 0 Å². The van der Waals surface area contributed by atoms with Gasteiger partial charge in [-0.05, 0) is 55.8 Å². The third-order valence-electron chi connectivity index (χ3n) is 5.20. The van der Waals surface area contributed by atoms with Crippen LogP contribution >= 0.6 is 0 Å². The van der Waals surface area contributed by atoms with Gasteiger partial charge >= 0.3 is 0 Å². The van der Waals surface area contributed by atoms with Gasteiger partial charge in [-0.25, -0.2) is 0 Å². The van der Waals surface area contributed by atoms with Crippen LogP contribution in [0.5, 0.6) is 0 Å². The lowest BCUT2D eigenvalue weighted by atomic mass is 10.1. The van der Waals surface area contributed by atoms with Crippen molar-refractivity contribution in [3.63, 3.8) is 0 Å². The first-order chi connectivity index (χ1) is 13.6. The smallest absolute Gasteiger partial charge is 0.261 e. The van der Waals surface area contributed by atoms with Crippen LogP contribution < -0.4 is 10.2 Å². The van der Waals surface area contributed by atoms with Gasteiger partial charge in [0.05, 0.1) is 38.4 Å². The Bertz CT molecular complexity index is 925. The number of rotatable bonds is 7. The number of carbonyl (C=O) groups is 2. The fourth-order valence-corrected chi connectivity index (χ4v) is 5.06. The summed E-state index contributed by atoms with van der Waals surface area (Å²) in [5, 5.41) is 3.36. The molecule has 2 amide bonds. The van der Waals surface area contributed by atoms with Gasteiger partial charge in [0.15, 0.2) is 0 Å². The zero-order chi connectivity index (χ0) is 19.7. The summed E-state index contributed by atoms with van der Waals surface area (Å²) in [6, 6.07) is 13.1. The fourth-order valence-electron chi connectivity index (χ4n) is 3.69. The monoisotopic (exact) mass is 397 g/mol. The Hall–Kier alpha value is -2.51. The molecule has 28 heavy (non-hydrogen) atoms. The van der Waals surface area contributed by atoms with Gasteiger partial charge in [0, 0.05) is 13.6 Å². The molecule has 2 aliphatic rings.